The fourth-order valence-electron chi connectivity index (χ4n) is 1.97. The van der Waals surface area contributed by atoms with Gasteiger partial charge in [0.25, 0.3) is 0 Å². The van der Waals surface area contributed by atoms with Crippen molar-refractivity contribution in [2.45, 2.75) is 13.5 Å². The minimum atomic E-state index is 0.542. The summed E-state index contributed by atoms with van der Waals surface area (Å²) in [5.74, 6) is 0.627. The predicted octanol–water partition coefficient (Wildman–Crippen LogP) is 2.87. The minimum absolute atomic E-state index is 0.542. The second-order valence-corrected chi connectivity index (χ2v) is 4.72. The molecular weight excluding hydrogens is 276 g/mol. The summed E-state index contributed by atoms with van der Waals surface area (Å²) in [7, 11) is 3.38. The van der Waals surface area contributed by atoms with Crippen LogP contribution in [-0.4, -0.2) is 16.9 Å². The number of benzene rings is 1. The molecule has 0 amide bonds. The van der Waals surface area contributed by atoms with Crippen LogP contribution in [0.2, 0.25) is 5.15 Å². The molecule has 0 aliphatic rings. The average molecular weight is 291 g/mol. The van der Waals surface area contributed by atoms with E-state index < -0.39 is 0 Å². The second kappa shape index (κ2) is 5.85. The first-order chi connectivity index (χ1) is 9.56. The number of methoxy groups -OCH3 is 1. The Morgan fingerprint density at radius 1 is 1.50 bits per heavy atom. The SMILES string of the molecule is COc1cc(C#N)ccc1NCc1c(C)nn(C)c1Cl. The Morgan fingerprint density at radius 3 is 2.80 bits per heavy atom. The summed E-state index contributed by atoms with van der Waals surface area (Å²) in [4.78, 5) is 0. The van der Waals surface area contributed by atoms with Gasteiger partial charge in [0.2, 0.25) is 0 Å². The van der Waals surface area contributed by atoms with Gasteiger partial charge in [-0.25, -0.2) is 0 Å². The number of ether oxygens (including phenoxy) is 1. The van der Waals surface area contributed by atoms with Gasteiger partial charge in [-0.2, -0.15) is 10.4 Å². The third-order valence-electron chi connectivity index (χ3n) is 3.06. The largest absolute Gasteiger partial charge is 0.495 e. The van der Waals surface area contributed by atoms with Crippen LogP contribution in [0.4, 0.5) is 5.69 Å². The first-order valence-corrected chi connectivity index (χ1v) is 6.44. The zero-order valence-electron chi connectivity index (χ0n) is 11.6. The molecular formula is C14H15ClN4O. The maximum atomic E-state index is 8.88. The molecule has 0 aliphatic carbocycles. The fourth-order valence-corrected chi connectivity index (χ4v) is 2.21. The number of nitriles is 1. The smallest absolute Gasteiger partial charge is 0.143 e. The molecule has 0 radical (unpaired) electrons. The Morgan fingerprint density at radius 2 is 2.25 bits per heavy atom. The molecule has 104 valence electrons. The molecule has 1 aromatic carbocycles. The van der Waals surface area contributed by atoms with Crippen LogP contribution < -0.4 is 10.1 Å². The summed E-state index contributed by atoms with van der Waals surface area (Å²) in [5.41, 5.74) is 3.20. The average Bonchev–Trinajstić information content (AvgIpc) is 2.70. The molecule has 1 heterocycles. The zero-order valence-corrected chi connectivity index (χ0v) is 12.3. The van der Waals surface area contributed by atoms with E-state index in [1.54, 1.807) is 31.0 Å². The molecule has 1 aromatic heterocycles. The van der Waals surface area contributed by atoms with Crippen molar-refractivity contribution in [2.75, 3.05) is 12.4 Å². The Labute approximate surface area is 122 Å². The summed E-state index contributed by atoms with van der Waals surface area (Å²) in [6.07, 6.45) is 0. The van der Waals surface area contributed by atoms with Crippen LogP contribution >= 0.6 is 11.6 Å². The van der Waals surface area contributed by atoms with Gasteiger partial charge in [-0.15, -0.1) is 0 Å². The summed E-state index contributed by atoms with van der Waals surface area (Å²) < 4.78 is 6.92. The molecule has 20 heavy (non-hydrogen) atoms. The van der Waals surface area contributed by atoms with Gasteiger partial charge in [-0.1, -0.05) is 11.6 Å². The van der Waals surface area contributed by atoms with Crippen molar-refractivity contribution < 1.29 is 4.74 Å². The molecule has 5 nitrogen and oxygen atoms in total. The van der Waals surface area contributed by atoms with E-state index in [0.717, 1.165) is 16.9 Å². The number of hydrogen-bond acceptors (Lipinski definition) is 4. The first kappa shape index (κ1) is 14.2. The summed E-state index contributed by atoms with van der Waals surface area (Å²) in [6.45, 7) is 2.46. The van der Waals surface area contributed by atoms with Gasteiger partial charge in [0.15, 0.2) is 0 Å². The van der Waals surface area contributed by atoms with E-state index in [2.05, 4.69) is 16.5 Å². The van der Waals surface area contributed by atoms with E-state index in [9.17, 15) is 0 Å². The molecule has 6 heteroatoms. The molecule has 0 saturated carbocycles. The van der Waals surface area contributed by atoms with Crippen molar-refractivity contribution in [3.8, 4) is 11.8 Å². The maximum Gasteiger partial charge on any atom is 0.143 e. The summed E-state index contributed by atoms with van der Waals surface area (Å²) >= 11 is 6.19. The van der Waals surface area contributed by atoms with Crippen LogP contribution in [0.3, 0.4) is 0 Å². The van der Waals surface area contributed by atoms with Gasteiger partial charge in [0.1, 0.15) is 10.9 Å². The van der Waals surface area contributed by atoms with E-state index in [4.69, 9.17) is 21.6 Å². The van der Waals surface area contributed by atoms with Gasteiger partial charge in [0, 0.05) is 25.2 Å². The van der Waals surface area contributed by atoms with Crippen LogP contribution in [0.25, 0.3) is 0 Å². The number of rotatable bonds is 4. The molecule has 0 spiro atoms. The Hall–Kier alpha value is -2.19. The standard InChI is InChI=1S/C14H15ClN4O/c1-9-11(14(15)19(2)18-9)8-17-12-5-4-10(7-16)6-13(12)20-3/h4-6,17H,8H2,1-3H3. The number of halogens is 1. The highest BCUT2D eigenvalue weighted by Gasteiger charge is 2.12. The van der Waals surface area contributed by atoms with E-state index in [-0.39, 0.29) is 0 Å². The molecule has 0 aliphatic heterocycles. The quantitative estimate of drug-likeness (QED) is 0.940. The van der Waals surface area contributed by atoms with Gasteiger partial charge in [-0.3, -0.25) is 4.68 Å². The van der Waals surface area contributed by atoms with Crippen LogP contribution in [0.1, 0.15) is 16.8 Å². The topological polar surface area (TPSA) is 62.9 Å². The Bertz CT molecular complexity index is 673. The van der Waals surface area contributed by atoms with Gasteiger partial charge in [0.05, 0.1) is 30.1 Å². The molecule has 0 bridgehead atoms. The predicted molar refractivity (Wildman–Crippen MR) is 78.0 cm³/mol. The monoisotopic (exact) mass is 290 g/mol. The van der Waals surface area contributed by atoms with Gasteiger partial charge in [-0.05, 0) is 19.1 Å². The van der Waals surface area contributed by atoms with Crippen molar-refractivity contribution in [1.82, 2.24) is 9.78 Å². The van der Waals surface area contributed by atoms with E-state index in [1.165, 1.54) is 0 Å². The summed E-state index contributed by atoms with van der Waals surface area (Å²) in [6, 6.07) is 7.33. The van der Waals surface area contributed by atoms with Gasteiger partial charge >= 0.3 is 0 Å². The van der Waals surface area contributed by atoms with Crippen molar-refractivity contribution in [2.24, 2.45) is 7.05 Å². The fraction of sp³-hybridized carbons (Fsp3) is 0.286. The molecule has 0 atom stereocenters. The van der Waals surface area contributed by atoms with Crippen LogP contribution in [0.15, 0.2) is 18.2 Å². The zero-order chi connectivity index (χ0) is 14.7. The van der Waals surface area contributed by atoms with E-state index >= 15 is 0 Å². The van der Waals surface area contributed by atoms with Crippen molar-refractivity contribution in [1.29, 1.82) is 5.26 Å². The lowest BCUT2D eigenvalue weighted by molar-refractivity contribution is 0.416. The number of anilines is 1. The van der Waals surface area contributed by atoms with Crippen LogP contribution in [0.5, 0.6) is 5.75 Å². The lowest BCUT2D eigenvalue weighted by Gasteiger charge is -2.11. The minimum Gasteiger partial charge on any atom is -0.495 e. The van der Waals surface area contributed by atoms with Crippen molar-refractivity contribution >= 4 is 17.3 Å². The first-order valence-electron chi connectivity index (χ1n) is 6.06. The molecule has 2 aromatic rings. The number of nitrogens with one attached hydrogen (secondary N) is 1. The second-order valence-electron chi connectivity index (χ2n) is 4.36. The number of nitrogens with zero attached hydrogens (tertiary/aromatic N) is 3. The van der Waals surface area contributed by atoms with Crippen LogP contribution in [0, 0.1) is 18.3 Å². The highest BCUT2D eigenvalue weighted by molar-refractivity contribution is 6.30. The summed E-state index contributed by atoms with van der Waals surface area (Å²) in [5, 5.41) is 17.0. The third-order valence-corrected chi connectivity index (χ3v) is 3.53. The lowest BCUT2D eigenvalue weighted by Crippen LogP contribution is -2.02. The highest BCUT2D eigenvalue weighted by atomic mass is 35.5. The number of hydrogen-bond donors (Lipinski definition) is 1. The van der Waals surface area contributed by atoms with E-state index in [0.29, 0.717) is 23.0 Å². The van der Waals surface area contributed by atoms with E-state index in [1.807, 2.05) is 13.0 Å². The Balaban J connectivity index is 2.21. The normalized spacial score (nSPS) is 10.2. The Kier molecular flexibility index (Phi) is 4.16. The third kappa shape index (κ3) is 2.70. The number of aryl methyl sites for hydroxylation is 2. The lowest BCUT2D eigenvalue weighted by atomic mass is 10.2. The molecule has 0 saturated heterocycles. The molecule has 1 N–H and O–H groups in total. The van der Waals surface area contributed by atoms with Gasteiger partial charge < -0.3 is 10.1 Å². The highest BCUT2D eigenvalue weighted by Crippen LogP contribution is 2.27. The number of aromatic nitrogens is 2. The van der Waals surface area contributed by atoms with Crippen molar-refractivity contribution in [3.05, 3.63) is 40.2 Å². The maximum absolute atomic E-state index is 8.88. The molecule has 0 fully saturated rings. The molecule has 0 unspecified atom stereocenters. The van der Waals surface area contributed by atoms with Crippen LogP contribution in [-0.2, 0) is 13.6 Å². The van der Waals surface area contributed by atoms with Crippen molar-refractivity contribution in [3.63, 3.8) is 0 Å². The molecule has 2 rings (SSSR count).